The summed E-state index contributed by atoms with van der Waals surface area (Å²) in [6.45, 7) is 8.03. The number of carbonyl (C=O) groups is 2. The number of piperazine rings is 1. The van der Waals surface area contributed by atoms with Crippen LogP contribution in [0.1, 0.15) is 35.8 Å². The zero-order chi connectivity index (χ0) is 14.2. The van der Waals surface area contributed by atoms with Gasteiger partial charge in [0.25, 0.3) is 0 Å². The van der Waals surface area contributed by atoms with E-state index in [-0.39, 0.29) is 17.9 Å². The van der Waals surface area contributed by atoms with Crippen molar-refractivity contribution >= 4 is 23.2 Å². The number of thiazole rings is 1. The van der Waals surface area contributed by atoms with Gasteiger partial charge in [-0.15, -0.1) is 11.3 Å². The third-order valence-corrected chi connectivity index (χ3v) is 4.51. The maximum atomic E-state index is 12.2. The molecule has 19 heavy (non-hydrogen) atoms. The van der Waals surface area contributed by atoms with Crippen molar-refractivity contribution in [2.45, 2.75) is 52.7 Å². The highest BCUT2D eigenvalue weighted by atomic mass is 32.1. The van der Waals surface area contributed by atoms with Gasteiger partial charge in [0, 0.05) is 4.88 Å². The first kappa shape index (κ1) is 14.0. The summed E-state index contributed by atoms with van der Waals surface area (Å²) < 4.78 is 0. The lowest BCUT2D eigenvalue weighted by molar-refractivity contribution is -0.149. The molecular formula is C13H19N3O2S. The van der Waals surface area contributed by atoms with E-state index >= 15 is 0 Å². The average molecular weight is 281 g/mol. The molecule has 1 aromatic heterocycles. The highest BCUT2D eigenvalue weighted by Gasteiger charge is 2.37. The third-order valence-electron chi connectivity index (χ3n) is 3.46. The van der Waals surface area contributed by atoms with Crippen LogP contribution >= 0.6 is 11.3 Å². The molecule has 104 valence electrons. The van der Waals surface area contributed by atoms with Crippen LogP contribution in [0.4, 0.5) is 0 Å². The van der Waals surface area contributed by atoms with Gasteiger partial charge in [-0.3, -0.25) is 9.59 Å². The normalized spacial score (nSPS) is 23.7. The maximum Gasteiger partial charge on any atom is 0.245 e. The van der Waals surface area contributed by atoms with Crippen molar-refractivity contribution in [3.05, 3.63) is 15.6 Å². The molecule has 0 bridgehead atoms. The first-order valence-corrected chi connectivity index (χ1v) is 7.29. The summed E-state index contributed by atoms with van der Waals surface area (Å²) in [5.74, 6) is -0.100. The zero-order valence-electron chi connectivity index (χ0n) is 11.7. The Balaban J connectivity index is 2.23. The van der Waals surface area contributed by atoms with Crippen molar-refractivity contribution in [1.29, 1.82) is 0 Å². The Hall–Kier alpha value is -1.43. The quantitative estimate of drug-likeness (QED) is 0.910. The van der Waals surface area contributed by atoms with Crippen LogP contribution in [-0.4, -0.2) is 33.8 Å². The number of nitrogens with zero attached hydrogens (tertiary/aromatic N) is 2. The molecule has 0 aromatic carbocycles. The smallest absolute Gasteiger partial charge is 0.245 e. The largest absolute Gasteiger partial charge is 0.343 e. The molecular weight excluding hydrogens is 262 g/mol. The molecule has 2 amide bonds. The Morgan fingerprint density at radius 3 is 2.58 bits per heavy atom. The molecule has 1 fully saturated rings. The number of carbonyl (C=O) groups excluding carboxylic acids is 2. The van der Waals surface area contributed by atoms with Crippen molar-refractivity contribution < 1.29 is 9.59 Å². The van der Waals surface area contributed by atoms with Crippen LogP contribution in [0.2, 0.25) is 0 Å². The summed E-state index contributed by atoms with van der Waals surface area (Å²) in [5.41, 5.74) is 0.995. The van der Waals surface area contributed by atoms with E-state index < -0.39 is 6.04 Å². The molecule has 1 N–H and O–H groups in total. The van der Waals surface area contributed by atoms with Crippen LogP contribution < -0.4 is 5.32 Å². The van der Waals surface area contributed by atoms with E-state index in [0.29, 0.717) is 13.0 Å². The molecule has 0 saturated carbocycles. The molecule has 2 unspecified atom stereocenters. The second-order valence-corrected chi connectivity index (χ2v) is 6.16. The molecule has 0 aliphatic carbocycles. The second-order valence-electron chi connectivity index (χ2n) is 4.87. The summed E-state index contributed by atoms with van der Waals surface area (Å²) >= 11 is 1.59. The SMILES string of the molecule is CCC1C(=O)NC(C)C(=O)N1Cc1nc(C)c(C)s1. The summed E-state index contributed by atoms with van der Waals surface area (Å²) in [4.78, 5) is 31.4. The van der Waals surface area contributed by atoms with E-state index in [2.05, 4.69) is 10.3 Å². The fourth-order valence-corrected chi connectivity index (χ4v) is 3.19. The van der Waals surface area contributed by atoms with Crippen LogP contribution in [0.3, 0.4) is 0 Å². The molecule has 0 radical (unpaired) electrons. The van der Waals surface area contributed by atoms with E-state index in [4.69, 9.17) is 0 Å². The Morgan fingerprint density at radius 1 is 1.37 bits per heavy atom. The molecule has 1 saturated heterocycles. The monoisotopic (exact) mass is 281 g/mol. The Bertz CT molecular complexity index is 492. The number of amides is 2. The van der Waals surface area contributed by atoms with E-state index in [1.54, 1.807) is 23.2 Å². The minimum atomic E-state index is -0.447. The van der Waals surface area contributed by atoms with Crippen LogP contribution in [0.25, 0.3) is 0 Å². The number of hydrogen-bond donors (Lipinski definition) is 1. The standard InChI is InChI=1S/C13H19N3O2S/c1-5-10-12(17)15-8(3)13(18)16(10)6-11-14-7(2)9(4)19-11/h8,10H,5-6H2,1-4H3,(H,15,17). The average Bonchev–Trinajstić information content (AvgIpc) is 2.65. The lowest BCUT2D eigenvalue weighted by Crippen LogP contribution is -2.61. The van der Waals surface area contributed by atoms with Gasteiger partial charge in [0.15, 0.2) is 0 Å². The topological polar surface area (TPSA) is 62.3 Å². The number of aryl methyl sites for hydroxylation is 2. The fraction of sp³-hybridized carbons (Fsp3) is 0.615. The fourth-order valence-electron chi connectivity index (χ4n) is 2.26. The summed E-state index contributed by atoms with van der Waals surface area (Å²) in [7, 11) is 0. The predicted octanol–water partition coefficient (Wildman–Crippen LogP) is 1.39. The Kier molecular flexibility index (Phi) is 3.89. The van der Waals surface area contributed by atoms with E-state index in [0.717, 1.165) is 15.6 Å². The maximum absolute atomic E-state index is 12.2. The number of rotatable bonds is 3. The Morgan fingerprint density at radius 2 is 2.05 bits per heavy atom. The number of aromatic nitrogens is 1. The van der Waals surface area contributed by atoms with Crippen LogP contribution in [0, 0.1) is 13.8 Å². The van der Waals surface area contributed by atoms with Gasteiger partial charge in [0.2, 0.25) is 11.8 Å². The zero-order valence-corrected chi connectivity index (χ0v) is 12.5. The Labute approximate surface area is 117 Å². The van der Waals surface area contributed by atoms with Crippen LogP contribution in [0.15, 0.2) is 0 Å². The molecule has 2 atom stereocenters. The van der Waals surface area contributed by atoms with Gasteiger partial charge >= 0.3 is 0 Å². The highest BCUT2D eigenvalue weighted by molar-refractivity contribution is 7.11. The van der Waals surface area contributed by atoms with Gasteiger partial charge in [-0.2, -0.15) is 0 Å². The summed E-state index contributed by atoms with van der Waals surface area (Å²) in [5, 5.41) is 3.61. The molecule has 1 aromatic rings. The summed E-state index contributed by atoms with van der Waals surface area (Å²) in [6, 6.07) is -0.828. The second kappa shape index (κ2) is 5.28. The van der Waals surface area contributed by atoms with Crippen molar-refractivity contribution in [3.63, 3.8) is 0 Å². The van der Waals surface area contributed by atoms with Crippen LogP contribution in [0.5, 0.6) is 0 Å². The number of nitrogens with one attached hydrogen (secondary N) is 1. The van der Waals surface area contributed by atoms with Gasteiger partial charge in [-0.1, -0.05) is 6.92 Å². The molecule has 6 heteroatoms. The molecule has 5 nitrogen and oxygen atoms in total. The summed E-state index contributed by atoms with van der Waals surface area (Å²) in [6.07, 6.45) is 0.619. The van der Waals surface area contributed by atoms with Gasteiger partial charge < -0.3 is 10.2 Å². The molecule has 0 spiro atoms. The van der Waals surface area contributed by atoms with E-state index in [1.165, 1.54) is 0 Å². The number of hydrogen-bond acceptors (Lipinski definition) is 4. The van der Waals surface area contributed by atoms with Crippen LogP contribution in [-0.2, 0) is 16.1 Å². The van der Waals surface area contributed by atoms with Crippen molar-refractivity contribution in [1.82, 2.24) is 15.2 Å². The minimum Gasteiger partial charge on any atom is -0.343 e. The minimum absolute atomic E-state index is 0.0306. The van der Waals surface area contributed by atoms with Gasteiger partial charge in [0.05, 0.1) is 12.2 Å². The van der Waals surface area contributed by atoms with Gasteiger partial charge in [-0.05, 0) is 27.2 Å². The highest BCUT2D eigenvalue weighted by Crippen LogP contribution is 2.22. The molecule has 2 rings (SSSR count). The molecule has 1 aliphatic heterocycles. The lowest BCUT2D eigenvalue weighted by Gasteiger charge is -2.37. The van der Waals surface area contributed by atoms with Crippen molar-refractivity contribution in [2.75, 3.05) is 0 Å². The first-order valence-electron chi connectivity index (χ1n) is 6.47. The van der Waals surface area contributed by atoms with E-state index in [1.807, 2.05) is 20.8 Å². The molecule has 1 aliphatic rings. The van der Waals surface area contributed by atoms with E-state index in [9.17, 15) is 9.59 Å². The van der Waals surface area contributed by atoms with Crippen molar-refractivity contribution in [2.24, 2.45) is 0 Å². The van der Waals surface area contributed by atoms with Gasteiger partial charge in [-0.25, -0.2) is 4.98 Å². The van der Waals surface area contributed by atoms with Crippen molar-refractivity contribution in [3.8, 4) is 0 Å². The lowest BCUT2D eigenvalue weighted by atomic mass is 10.1. The third kappa shape index (κ3) is 2.63. The van der Waals surface area contributed by atoms with Gasteiger partial charge in [0.1, 0.15) is 17.1 Å². The molecule has 2 heterocycles. The predicted molar refractivity (Wildman–Crippen MR) is 73.8 cm³/mol. The first-order chi connectivity index (χ1) is 8.93.